The highest BCUT2D eigenvalue weighted by molar-refractivity contribution is 5.60. The molecule has 0 saturated heterocycles. The minimum atomic E-state index is 1.07. The van der Waals surface area contributed by atoms with Crippen molar-refractivity contribution in [2.75, 3.05) is 0 Å². The van der Waals surface area contributed by atoms with Gasteiger partial charge in [0.15, 0.2) is 0 Å². The Hall–Kier alpha value is -1.52. The van der Waals surface area contributed by atoms with Gasteiger partial charge in [0, 0.05) is 0 Å². The van der Waals surface area contributed by atoms with Crippen LogP contribution in [0.3, 0.4) is 0 Å². The molecular formula is C15H20. The van der Waals surface area contributed by atoms with E-state index in [0.29, 0.717) is 0 Å². The summed E-state index contributed by atoms with van der Waals surface area (Å²) in [6.45, 7) is 13.4. The number of benzene rings is 1. The molecular weight excluding hydrogens is 180 g/mol. The van der Waals surface area contributed by atoms with Crippen molar-refractivity contribution in [1.29, 1.82) is 0 Å². The smallest absolute Gasteiger partial charge is 0.0233 e. The number of allylic oxidation sites excluding steroid dienone is 2. The van der Waals surface area contributed by atoms with E-state index in [1.807, 2.05) is 32.0 Å². The molecule has 15 heavy (non-hydrogen) atoms. The van der Waals surface area contributed by atoms with Gasteiger partial charge < -0.3 is 0 Å². The molecule has 0 aromatic heterocycles. The van der Waals surface area contributed by atoms with Gasteiger partial charge in [-0.3, -0.25) is 0 Å². The Morgan fingerprint density at radius 3 is 1.93 bits per heavy atom. The lowest BCUT2D eigenvalue weighted by molar-refractivity contribution is 1.11. The Bertz CT molecular complexity index is 338. The van der Waals surface area contributed by atoms with Crippen molar-refractivity contribution in [2.24, 2.45) is 0 Å². The number of rotatable bonds is 2. The van der Waals surface area contributed by atoms with Gasteiger partial charge in [-0.25, -0.2) is 0 Å². The molecule has 0 saturated carbocycles. The van der Waals surface area contributed by atoms with Crippen molar-refractivity contribution in [2.45, 2.75) is 27.2 Å². The van der Waals surface area contributed by atoms with Gasteiger partial charge in [0.2, 0.25) is 0 Å². The van der Waals surface area contributed by atoms with Crippen LogP contribution in [0.4, 0.5) is 0 Å². The van der Waals surface area contributed by atoms with E-state index in [1.165, 1.54) is 11.1 Å². The lowest BCUT2D eigenvalue weighted by Gasteiger charge is -1.94. The summed E-state index contributed by atoms with van der Waals surface area (Å²) in [5, 5.41) is 0. The molecule has 0 N–H and O–H groups in total. The second-order valence-corrected chi connectivity index (χ2v) is 3.46. The topological polar surface area (TPSA) is 0 Å². The maximum Gasteiger partial charge on any atom is -0.0233 e. The first-order valence-corrected chi connectivity index (χ1v) is 5.18. The fourth-order valence-electron chi connectivity index (χ4n) is 0.848. The van der Waals surface area contributed by atoms with Crippen molar-refractivity contribution in [3.63, 3.8) is 0 Å². The molecule has 0 radical (unpaired) electrons. The predicted molar refractivity (Wildman–Crippen MR) is 69.8 cm³/mol. The molecule has 0 bridgehead atoms. The van der Waals surface area contributed by atoms with E-state index >= 15 is 0 Å². The summed E-state index contributed by atoms with van der Waals surface area (Å²) in [6, 6.07) is 10.2. The average molecular weight is 200 g/mol. The maximum atomic E-state index is 3.83. The Morgan fingerprint density at radius 2 is 1.73 bits per heavy atom. The van der Waals surface area contributed by atoms with Crippen LogP contribution in [-0.4, -0.2) is 0 Å². The molecule has 80 valence electrons. The highest BCUT2D eigenvalue weighted by Gasteiger charge is 1.86. The molecule has 0 amide bonds. The van der Waals surface area contributed by atoms with E-state index in [4.69, 9.17) is 0 Å². The van der Waals surface area contributed by atoms with E-state index < -0.39 is 0 Å². The van der Waals surface area contributed by atoms with Crippen molar-refractivity contribution >= 4 is 5.57 Å². The van der Waals surface area contributed by atoms with Crippen LogP contribution in [0.25, 0.3) is 5.57 Å². The van der Waals surface area contributed by atoms with Gasteiger partial charge in [-0.1, -0.05) is 56.0 Å². The fraction of sp³-hybridized carbons (Fsp3) is 0.267. The van der Waals surface area contributed by atoms with Crippen LogP contribution in [0.1, 0.15) is 32.8 Å². The molecule has 1 rings (SSSR count). The molecule has 1 aromatic rings. The van der Waals surface area contributed by atoms with Crippen LogP contribution >= 0.6 is 0 Å². The van der Waals surface area contributed by atoms with E-state index in [0.717, 1.165) is 12.0 Å². The molecule has 0 aliphatic rings. The first kappa shape index (κ1) is 13.5. The summed E-state index contributed by atoms with van der Waals surface area (Å²) >= 11 is 0. The second kappa shape index (κ2) is 7.84. The third-order valence-corrected chi connectivity index (χ3v) is 2.10. The van der Waals surface area contributed by atoms with Crippen LogP contribution in [0, 0.1) is 0 Å². The van der Waals surface area contributed by atoms with Gasteiger partial charge >= 0.3 is 0 Å². The molecule has 0 nitrogen and oxygen atoms in total. The summed E-state index contributed by atoms with van der Waals surface area (Å²) in [5.74, 6) is 0. The Kier molecular flexibility index (Phi) is 7.05. The molecule has 1 aromatic carbocycles. The summed E-state index contributed by atoms with van der Waals surface area (Å²) in [5.41, 5.74) is 6.35. The standard InChI is InChI=1S/C9H10.C6H10/c1-8(2)9-6-4-3-5-7-9;1-4-6(3)5-2/h3-7H,1H2,2H3;1,5H2,2-3H3. The minimum Gasteiger partial charge on any atom is -0.130 e. The average Bonchev–Trinajstić information content (AvgIpc) is 2.30. The maximum absolute atomic E-state index is 3.83. The van der Waals surface area contributed by atoms with Gasteiger partial charge in [0.05, 0.1) is 0 Å². The lowest BCUT2D eigenvalue weighted by atomic mass is 10.1. The highest BCUT2D eigenvalue weighted by Crippen LogP contribution is 2.08. The van der Waals surface area contributed by atoms with E-state index in [-0.39, 0.29) is 0 Å². The van der Waals surface area contributed by atoms with Crippen LogP contribution in [0.5, 0.6) is 0 Å². The highest BCUT2D eigenvalue weighted by atomic mass is 13.9. The van der Waals surface area contributed by atoms with Crippen molar-refractivity contribution in [1.82, 2.24) is 0 Å². The molecule has 0 unspecified atom stereocenters. The van der Waals surface area contributed by atoms with Gasteiger partial charge in [0.1, 0.15) is 0 Å². The van der Waals surface area contributed by atoms with Gasteiger partial charge in [0.25, 0.3) is 0 Å². The lowest BCUT2D eigenvalue weighted by Crippen LogP contribution is -1.72. The fourth-order valence-corrected chi connectivity index (χ4v) is 0.848. The first-order chi connectivity index (χ1) is 7.11. The molecule has 0 fully saturated rings. The Labute approximate surface area is 93.7 Å². The zero-order chi connectivity index (χ0) is 11.7. The van der Waals surface area contributed by atoms with Crippen LogP contribution in [0.2, 0.25) is 0 Å². The monoisotopic (exact) mass is 200 g/mol. The zero-order valence-electron chi connectivity index (χ0n) is 10.0. The van der Waals surface area contributed by atoms with Gasteiger partial charge in [-0.05, 0) is 31.4 Å². The minimum absolute atomic E-state index is 1.07. The number of hydrogen-bond acceptors (Lipinski definition) is 0. The summed E-state index contributed by atoms with van der Waals surface area (Å²) < 4.78 is 0. The largest absolute Gasteiger partial charge is 0.130 e. The van der Waals surface area contributed by atoms with Crippen LogP contribution in [0.15, 0.2) is 54.8 Å². The number of hydrogen-bond donors (Lipinski definition) is 0. The summed E-state index contributed by atoms with van der Waals surface area (Å²) in [6.07, 6.45) is 1.07. The summed E-state index contributed by atoms with van der Waals surface area (Å²) in [4.78, 5) is 0. The zero-order valence-corrected chi connectivity index (χ0v) is 10.0. The third kappa shape index (κ3) is 6.54. The third-order valence-electron chi connectivity index (χ3n) is 2.10. The van der Waals surface area contributed by atoms with E-state index in [2.05, 4.69) is 37.9 Å². The second-order valence-electron chi connectivity index (χ2n) is 3.46. The van der Waals surface area contributed by atoms with Crippen molar-refractivity contribution in [3.8, 4) is 0 Å². The quantitative estimate of drug-likeness (QED) is 0.599. The van der Waals surface area contributed by atoms with E-state index in [1.54, 1.807) is 0 Å². The molecule has 0 heteroatoms. The molecule has 0 atom stereocenters. The summed E-state index contributed by atoms with van der Waals surface area (Å²) in [7, 11) is 0. The normalized spacial score (nSPS) is 8.20. The predicted octanol–water partition coefficient (Wildman–Crippen LogP) is 4.85. The van der Waals surface area contributed by atoms with E-state index in [9.17, 15) is 0 Å². The molecule has 0 heterocycles. The van der Waals surface area contributed by atoms with Crippen LogP contribution < -0.4 is 0 Å². The Balaban J connectivity index is 0.000000288. The Morgan fingerprint density at radius 1 is 1.20 bits per heavy atom. The molecule has 0 aliphatic heterocycles. The molecule has 0 spiro atoms. The van der Waals surface area contributed by atoms with Gasteiger partial charge in [-0.15, -0.1) is 5.73 Å². The van der Waals surface area contributed by atoms with Crippen molar-refractivity contribution < 1.29 is 0 Å². The first-order valence-electron chi connectivity index (χ1n) is 5.18. The van der Waals surface area contributed by atoms with Crippen molar-refractivity contribution in [3.05, 3.63) is 60.4 Å². The van der Waals surface area contributed by atoms with Gasteiger partial charge in [-0.2, -0.15) is 0 Å². The molecule has 0 aliphatic carbocycles. The SMILES string of the molecule is C=C(C)c1ccccc1.C=C=C(C)CC. The van der Waals surface area contributed by atoms with Crippen LogP contribution in [-0.2, 0) is 0 Å².